The molecule has 0 bridgehead atoms. The summed E-state index contributed by atoms with van der Waals surface area (Å²) in [6.07, 6.45) is 1.97. The summed E-state index contributed by atoms with van der Waals surface area (Å²) in [5, 5.41) is 7.23. The normalized spacial score (nSPS) is 12.2. The molecule has 0 saturated carbocycles. The number of fused-ring (bicyclic) bond motifs is 1. The van der Waals surface area contributed by atoms with E-state index < -0.39 is 0 Å². The highest BCUT2D eigenvalue weighted by molar-refractivity contribution is 6.25. The Labute approximate surface area is 319 Å². The number of hydrogen-bond donors (Lipinski definition) is 0. The third-order valence-electron chi connectivity index (χ3n) is 11.1. The van der Waals surface area contributed by atoms with Gasteiger partial charge in [-0.15, -0.1) is 0 Å². The molecule has 0 unspecified atom stereocenters. The number of nitrogens with zero attached hydrogens (tertiary/aromatic N) is 3. The average molecular weight is 710 g/mol. The van der Waals surface area contributed by atoms with Crippen LogP contribution in [0.2, 0.25) is 0 Å². The number of rotatable bonds is 7. The molecule has 55 heavy (non-hydrogen) atoms. The second kappa shape index (κ2) is 13.1. The monoisotopic (exact) mass is 709 g/mol. The van der Waals surface area contributed by atoms with Crippen LogP contribution in [0, 0.1) is 5.82 Å². The van der Waals surface area contributed by atoms with Crippen LogP contribution in [0.15, 0.2) is 182 Å². The second-order valence-corrected chi connectivity index (χ2v) is 14.2. The number of hydrogen-bond acceptors (Lipinski definition) is 2. The van der Waals surface area contributed by atoms with Gasteiger partial charge in [0, 0.05) is 27.8 Å². The lowest BCUT2D eigenvalue weighted by Gasteiger charge is -2.25. The molecule has 2 aromatic heterocycles. The standard InChI is InChI=1S/C51H36FN3/c1-33(34(2)47-29-26-42(32-53-47)54(39-13-5-3-6-14-39)40-15-7-4-8-16-40)43-27-28-44(46-18-10-9-17-45(43)46)37-30-36-21-20-35-12-11-19-48-50(35)51(36)49(31-37)55(48)41-24-22-38(52)23-25-41/h3-32H,1-2H3/b34-33+. The number of anilines is 3. The van der Waals surface area contributed by atoms with E-state index in [0.29, 0.717) is 0 Å². The Morgan fingerprint density at radius 1 is 0.527 bits per heavy atom. The molecule has 8 aromatic carbocycles. The van der Waals surface area contributed by atoms with Crippen LogP contribution in [0.4, 0.5) is 21.5 Å². The van der Waals surface area contributed by atoms with Gasteiger partial charge < -0.3 is 9.47 Å². The van der Waals surface area contributed by atoms with E-state index >= 15 is 0 Å². The Kier molecular flexibility index (Phi) is 7.77. The maximum absolute atomic E-state index is 14.1. The summed E-state index contributed by atoms with van der Waals surface area (Å²) in [6.45, 7) is 4.37. The Hall–Kier alpha value is -7.04. The van der Waals surface area contributed by atoms with Crippen LogP contribution >= 0.6 is 0 Å². The van der Waals surface area contributed by atoms with Crippen molar-refractivity contribution in [3.63, 3.8) is 0 Å². The molecule has 10 rings (SSSR count). The van der Waals surface area contributed by atoms with E-state index in [4.69, 9.17) is 4.98 Å². The van der Waals surface area contributed by atoms with Gasteiger partial charge in [-0.25, -0.2) is 4.39 Å². The minimum absolute atomic E-state index is 0.241. The van der Waals surface area contributed by atoms with Gasteiger partial charge in [-0.3, -0.25) is 4.98 Å². The molecule has 3 nitrogen and oxygen atoms in total. The van der Waals surface area contributed by atoms with E-state index in [2.05, 4.69) is 163 Å². The van der Waals surface area contributed by atoms with Crippen molar-refractivity contribution in [3.05, 3.63) is 199 Å². The highest BCUT2D eigenvalue weighted by atomic mass is 19.1. The number of para-hydroxylation sites is 2. The van der Waals surface area contributed by atoms with E-state index in [1.807, 2.05) is 30.5 Å². The quantitative estimate of drug-likeness (QED) is 0.154. The molecule has 262 valence electrons. The van der Waals surface area contributed by atoms with Crippen LogP contribution in [-0.4, -0.2) is 9.55 Å². The first kappa shape index (κ1) is 32.6. The van der Waals surface area contributed by atoms with E-state index in [9.17, 15) is 4.39 Å². The largest absolute Gasteiger partial charge is 0.309 e. The summed E-state index contributed by atoms with van der Waals surface area (Å²) in [4.78, 5) is 7.25. The first-order valence-corrected chi connectivity index (χ1v) is 18.7. The van der Waals surface area contributed by atoms with Gasteiger partial charge in [0.05, 0.1) is 28.6 Å². The SMILES string of the molecule is C/C(=C(/C)c1ccc(-c2cc3ccc4cccc5c4c3c(c2)n5-c2ccc(F)cc2)c2ccccc12)c1ccc(N(c2ccccc2)c2ccccc2)cn1. The highest BCUT2D eigenvalue weighted by Crippen LogP contribution is 2.43. The van der Waals surface area contributed by atoms with Crippen LogP contribution in [0.3, 0.4) is 0 Å². The van der Waals surface area contributed by atoms with Crippen molar-refractivity contribution in [3.8, 4) is 16.8 Å². The Balaban J connectivity index is 1.08. The predicted octanol–water partition coefficient (Wildman–Crippen LogP) is 14.1. The van der Waals surface area contributed by atoms with Gasteiger partial charge in [0.1, 0.15) is 5.82 Å². The first-order chi connectivity index (χ1) is 27.0. The summed E-state index contributed by atoms with van der Waals surface area (Å²) in [5.41, 5.74) is 13.1. The zero-order valence-corrected chi connectivity index (χ0v) is 30.5. The van der Waals surface area contributed by atoms with Crippen molar-refractivity contribution >= 4 is 71.6 Å². The third-order valence-corrected chi connectivity index (χ3v) is 11.1. The maximum atomic E-state index is 14.1. The maximum Gasteiger partial charge on any atom is 0.123 e. The van der Waals surface area contributed by atoms with Crippen molar-refractivity contribution in [1.29, 1.82) is 0 Å². The van der Waals surface area contributed by atoms with E-state index in [-0.39, 0.29) is 5.82 Å². The summed E-state index contributed by atoms with van der Waals surface area (Å²) in [7, 11) is 0. The topological polar surface area (TPSA) is 21.1 Å². The van der Waals surface area contributed by atoms with Gasteiger partial charge in [0.2, 0.25) is 0 Å². The first-order valence-electron chi connectivity index (χ1n) is 18.7. The fraction of sp³-hybridized carbons (Fsp3) is 0.0392. The average Bonchev–Trinajstić information content (AvgIpc) is 3.58. The number of halogens is 1. The van der Waals surface area contributed by atoms with E-state index in [1.165, 1.54) is 61.2 Å². The fourth-order valence-electron chi connectivity index (χ4n) is 8.33. The lowest BCUT2D eigenvalue weighted by Crippen LogP contribution is -2.10. The van der Waals surface area contributed by atoms with Gasteiger partial charge in [0.15, 0.2) is 0 Å². The van der Waals surface area contributed by atoms with E-state index in [1.54, 1.807) is 0 Å². The minimum Gasteiger partial charge on any atom is -0.309 e. The van der Waals surface area contributed by atoms with Crippen LogP contribution in [0.5, 0.6) is 0 Å². The van der Waals surface area contributed by atoms with Gasteiger partial charge in [-0.1, -0.05) is 97.1 Å². The number of allylic oxidation sites excluding steroid dienone is 2. The molecule has 0 amide bonds. The van der Waals surface area contributed by atoms with E-state index in [0.717, 1.165) is 50.6 Å². The third kappa shape index (κ3) is 5.45. The molecule has 0 atom stereocenters. The lowest BCUT2D eigenvalue weighted by atomic mass is 9.89. The van der Waals surface area contributed by atoms with Crippen molar-refractivity contribution in [2.75, 3.05) is 4.90 Å². The molecule has 4 heteroatoms. The van der Waals surface area contributed by atoms with Crippen LogP contribution in [0.1, 0.15) is 25.1 Å². The van der Waals surface area contributed by atoms with Crippen LogP contribution < -0.4 is 4.90 Å². The molecule has 0 aliphatic heterocycles. The Morgan fingerprint density at radius 3 is 1.91 bits per heavy atom. The van der Waals surface area contributed by atoms with Crippen molar-refractivity contribution < 1.29 is 4.39 Å². The van der Waals surface area contributed by atoms with Crippen molar-refractivity contribution in [2.24, 2.45) is 0 Å². The molecular weight excluding hydrogens is 674 g/mol. The Bertz CT molecular complexity index is 3000. The number of pyridine rings is 1. The molecule has 0 saturated heterocycles. The summed E-state index contributed by atoms with van der Waals surface area (Å²) < 4.78 is 16.4. The fourth-order valence-corrected chi connectivity index (χ4v) is 8.33. The second-order valence-electron chi connectivity index (χ2n) is 14.2. The number of benzene rings is 8. The Morgan fingerprint density at radius 2 is 1.20 bits per heavy atom. The molecule has 0 fully saturated rings. The van der Waals surface area contributed by atoms with Gasteiger partial charge in [0.25, 0.3) is 0 Å². The molecule has 0 aliphatic carbocycles. The number of aromatic nitrogens is 2. The van der Waals surface area contributed by atoms with Crippen LogP contribution in [0.25, 0.3) is 71.3 Å². The van der Waals surface area contributed by atoms with Crippen molar-refractivity contribution in [1.82, 2.24) is 9.55 Å². The minimum atomic E-state index is -0.241. The molecular formula is C51H36FN3. The van der Waals surface area contributed by atoms with Crippen molar-refractivity contribution in [2.45, 2.75) is 13.8 Å². The van der Waals surface area contributed by atoms with Gasteiger partial charge in [-0.2, -0.15) is 0 Å². The lowest BCUT2D eigenvalue weighted by molar-refractivity contribution is 0.627. The zero-order valence-electron chi connectivity index (χ0n) is 30.5. The smallest absolute Gasteiger partial charge is 0.123 e. The zero-order chi connectivity index (χ0) is 37.0. The highest BCUT2D eigenvalue weighted by Gasteiger charge is 2.20. The molecule has 0 aliphatic rings. The van der Waals surface area contributed by atoms with Gasteiger partial charge in [-0.05, 0) is 142 Å². The molecule has 0 radical (unpaired) electrons. The predicted molar refractivity (Wildman–Crippen MR) is 229 cm³/mol. The molecule has 10 aromatic rings. The summed E-state index contributed by atoms with van der Waals surface area (Å²) in [5.74, 6) is -0.241. The molecule has 2 heterocycles. The molecule has 0 spiro atoms. The summed E-state index contributed by atoms with van der Waals surface area (Å²) >= 11 is 0. The van der Waals surface area contributed by atoms with Gasteiger partial charge >= 0.3 is 0 Å². The van der Waals surface area contributed by atoms with Crippen LogP contribution in [-0.2, 0) is 0 Å². The summed E-state index contributed by atoms with van der Waals surface area (Å²) in [6, 6.07) is 60.6. The molecule has 0 N–H and O–H groups in total.